The minimum atomic E-state index is -4.35. The molecule has 2 rings (SSSR count). The van der Waals surface area contributed by atoms with Crippen LogP contribution in [-0.4, -0.2) is 24.9 Å². The fraction of sp³-hybridized carbons (Fsp3) is 0.300. The van der Waals surface area contributed by atoms with Gasteiger partial charge in [-0.2, -0.15) is 8.42 Å². The summed E-state index contributed by atoms with van der Waals surface area (Å²) in [5.41, 5.74) is 2.98. The summed E-state index contributed by atoms with van der Waals surface area (Å²) in [6, 6.07) is 5.74. The van der Waals surface area contributed by atoms with E-state index < -0.39 is 10.1 Å². The van der Waals surface area contributed by atoms with Crippen molar-refractivity contribution in [2.24, 2.45) is 0 Å². The molecule has 1 aromatic carbocycles. The number of carbonyl (C=O) groups is 1. The molecule has 0 spiro atoms. The number of benzene rings is 1. The zero-order chi connectivity index (χ0) is 12.6. The highest BCUT2D eigenvalue weighted by Gasteiger charge is 2.30. The molecule has 2 N–H and O–H groups in total. The Kier molecular flexibility index (Phi) is 2.90. The molecule has 1 atom stereocenters. The van der Waals surface area contributed by atoms with Gasteiger partial charge < -0.3 is 0 Å². The molecule has 0 saturated carbocycles. The van der Waals surface area contributed by atoms with Crippen LogP contribution in [0.5, 0.6) is 0 Å². The zero-order valence-electron chi connectivity index (χ0n) is 9.12. The van der Waals surface area contributed by atoms with Gasteiger partial charge in [-0.05, 0) is 19.1 Å². The lowest BCUT2D eigenvalue weighted by Gasteiger charge is -2.19. The zero-order valence-corrected chi connectivity index (χ0v) is 9.94. The second-order valence-corrected chi connectivity index (χ2v) is 5.30. The van der Waals surface area contributed by atoms with Gasteiger partial charge in [-0.1, -0.05) is 12.1 Å². The minimum absolute atomic E-state index is 0.0584. The Morgan fingerprint density at radius 3 is 2.59 bits per heavy atom. The first-order chi connectivity index (χ1) is 7.89. The molecular formula is C10H12N2O4S. The van der Waals surface area contributed by atoms with Crippen molar-refractivity contribution in [3.05, 3.63) is 24.3 Å². The van der Waals surface area contributed by atoms with E-state index in [1.807, 2.05) is 6.92 Å². The summed E-state index contributed by atoms with van der Waals surface area (Å²) < 4.78 is 31.5. The maximum Gasteiger partial charge on any atom is 0.296 e. The summed E-state index contributed by atoms with van der Waals surface area (Å²) in [7, 11) is -4.35. The maximum atomic E-state index is 11.7. The Hall–Kier alpha value is -1.44. The third-order valence-corrected chi connectivity index (χ3v) is 3.36. The normalized spacial score (nSPS) is 20.9. The van der Waals surface area contributed by atoms with Crippen molar-refractivity contribution >= 4 is 21.7 Å². The van der Waals surface area contributed by atoms with Crippen LogP contribution in [0.1, 0.15) is 13.3 Å². The fourth-order valence-corrected chi connectivity index (χ4v) is 2.43. The molecule has 0 bridgehead atoms. The van der Waals surface area contributed by atoms with Crippen LogP contribution in [0.3, 0.4) is 0 Å². The molecule has 1 unspecified atom stereocenters. The topological polar surface area (TPSA) is 86.7 Å². The van der Waals surface area contributed by atoms with Crippen molar-refractivity contribution in [3.8, 4) is 0 Å². The number of anilines is 1. The van der Waals surface area contributed by atoms with E-state index in [0.717, 1.165) is 5.01 Å². The predicted octanol–water partition coefficient (Wildman–Crippen LogP) is 0.563. The summed E-state index contributed by atoms with van der Waals surface area (Å²) in [5.74, 6) is -0.228. The lowest BCUT2D eigenvalue weighted by Crippen LogP contribution is -2.37. The number of hydrogen-bond acceptors (Lipinski definition) is 4. The second-order valence-electron chi connectivity index (χ2n) is 3.91. The number of nitrogens with zero attached hydrogens (tertiary/aromatic N) is 1. The standard InChI is InChI=1S/C10H12N2O4S/c1-7-6-10(13)12(11-7)8-4-2-3-5-9(8)17(14,15)16/h2-5,7,11H,6H2,1H3,(H,14,15,16). The molecule has 1 aliphatic heterocycles. The highest BCUT2D eigenvalue weighted by Crippen LogP contribution is 2.26. The van der Waals surface area contributed by atoms with Crippen molar-refractivity contribution in [3.63, 3.8) is 0 Å². The maximum absolute atomic E-state index is 11.7. The quantitative estimate of drug-likeness (QED) is 0.755. The molecule has 0 radical (unpaired) electrons. The predicted molar refractivity (Wildman–Crippen MR) is 61.0 cm³/mol. The number of amides is 1. The van der Waals surface area contributed by atoms with E-state index >= 15 is 0 Å². The molecule has 6 nitrogen and oxygen atoms in total. The number of nitrogens with one attached hydrogen (secondary N) is 1. The Balaban J connectivity index is 2.50. The second kappa shape index (κ2) is 4.10. The Bertz CT molecular complexity index is 555. The molecule has 1 amide bonds. The number of para-hydroxylation sites is 1. The first-order valence-corrected chi connectivity index (χ1v) is 6.49. The molecular weight excluding hydrogens is 244 g/mol. The van der Waals surface area contributed by atoms with Gasteiger partial charge in [0.15, 0.2) is 0 Å². The van der Waals surface area contributed by atoms with Gasteiger partial charge in [0.25, 0.3) is 10.1 Å². The van der Waals surface area contributed by atoms with Gasteiger partial charge in [-0.3, -0.25) is 9.35 Å². The summed E-state index contributed by atoms with van der Waals surface area (Å²) in [5, 5.41) is 1.16. The monoisotopic (exact) mass is 256 g/mol. The van der Waals surface area contributed by atoms with Crippen molar-refractivity contribution in [2.75, 3.05) is 5.01 Å². The number of hydrazine groups is 1. The van der Waals surface area contributed by atoms with E-state index in [1.165, 1.54) is 18.2 Å². The van der Waals surface area contributed by atoms with E-state index in [0.29, 0.717) is 6.42 Å². The Labute approximate surface area is 99.0 Å². The van der Waals surface area contributed by atoms with Gasteiger partial charge in [0.05, 0.1) is 5.69 Å². The first-order valence-electron chi connectivity index (χ1n) is 5.05. The molecule has 1 heterocycles. The number of carbonyl (C=O) groups excluding carboxylic acids is 1. The van der Waals surface area contributed by atoms with Crippen molar-refractivity contribution < 1.29 is 17.8 Å². The summed E-state index contributed by atoms with van der Waals surface area (Å²) in [6.07, 6.45) is 0.291. The van der Waals surface area contributed by atoms with Crippen LogP contribution >= 0.6 is 0 Å². The van der Waals surface area contributed by atoms with Crippen LogP contribution in [-0.2, 0) is 14.9 Å². The van der Waals surface area contributed by atoms with Gasteiger partial charge in [-0.25, -0.2) is 10.4 Å². The summed E-state index contributed by atoms with van der Waals surface area (Å²) in [6.45, 7) is 1.81. The molecule has 17 heavy (non-hydrogen) atoms. The number of hydrogen-bond donors (Lipinski definition) is 2. The van der Waals surface area contributed by atoms with E-state index in [2.05, 4.69) is 5.43 Å². The molecule has 92 valence electrons. The molecule has 0 aromatic heterocycles. The summed E-state index contributed by atoms with van der Waals surface area (Å²) >= 11 is 0. The molecule has 1 fully saturated rings. The van der Waals surface area contributed by atoms with E-state index in [4.69, 9.17) is 4.55 Å². The van der Waals surface area contributed by atoms with E-state index in [9.17, 15) is 13.2 Å². The fourth-order valence-electron chi connectivity index (χ4n) is 1.76. The third kappa shape index (κ3) is 2.31. The smallest absolute Gasteiger partial charge is 0.282 e. The van der Waals surface area contributed by atoms with Crippen LogP contribution in [0, 0.1) is 0 Å². The Morgan fingerprint density at radius 1 is 1.41 bits per heavy atom. The molecule has 1 saturated heterocycles. The van der Waals surface area contributed by atoms with Crippen molar-refractivity contribution in [1.29, 1.82) is 0 Å². The lowest BCUT2D eigenvalue weighted by molar-refractivity contribution is -0.117. The highest BCUT2D eigenvalue weighted by molar-refractivity contribution is 7.86. The average molecular weight is 256 g/mol. The molecule has 0 aliphatic carbocycles. The van der Waals surface area contributed by atoms with E-state index in [1.54, 1.807) is 6.07 Å². The SMILES string of the molecule is CC1CC(=O)N(c2ccccc2S(=O)(=O)O)N1. The van der Waals surface area contributed by atoms with Gasteiger partial charge in [0, 0.05) is 12.5 Å². The van der Waals surface area contributed by atoms with E-state index in [-0.39, 0.29) is 22.5 Å². The van der Waals surface area contributed by atoms with Crippen molar-refractivity contribution in [1.82, 2.24) is 5.43 Å². The molecule has 1 aromatic rings. The lowest BCUT2D eigenvalue weighted by atomic mass is 10.2. The largest absolute Gasteiger partial charge is 0.296 e. The Morgan fingerprint density at radius 2 is 2.06 bits per heavy atom. The van der Waals surface area contributed by atoms with Crippen LogP contribution in [0.15, 0.2) is 29.2 Å². The van der Waals surface area contributed by atoms with Gasteiger partial charge >= 0.3 is 0 Å². The molecule has 7 heteroatoms. The highest BCUT2D eigenvalue weighted by atomic mass is 32.2. The van der Waals surface area contributed by atoms with Crippen LogP contribution in [0.2, 0.25) is 0 Å². The van der Waals surface area contributed by atoms with Crippen LogP contribution < -0.4 is 10.4 Å². The van der Waals surface area contributed by atoms with Gasteiger partial charge in [0.2, 0.25) is 5.91 Å². The van der Waals surface area contributed by atoms with Crippen LogP contribution in [0.4, 0.5) is 5.69 Å². The third-order valence-electron chi connectivity index (χ3n) is 2.46. The van der Waals surface area contributed by atoms with Gasteiger partial charge in [0.1, 0.15) is 4.90 Å². The minimum Gasteiger partial charge on any atom is -0.282 e. The average Bonchev–Trinajstić information content (AvgIpc) is 2.56. The van der Waals surface area contributed by atoms with Crippen LogP contribution in [0.25, 0.3) is 0 Å². The number of rotatable bonds is 2. The van der Waals surface area contributed by atoms with Crippen molar-refractivity contribution in [2.45, 2.75) is 24.3 Å². The van der Waals surface area contributed by atoms with Gasteiger partial charge in [-0.15, -0.1) is 0 Å². The summed E-state index contributed by atoms with van der Waals surface area (Å²) in [4.78, 5) is 11.4. The molecule has 1 aliphatic rings. The first kappa shape index (κ1) is 12.0.